The number of hydrogen-bond donors (Lipinski definition) is 0. The van der Waals surface area contributed by atoms with Gasteiger partial charge in [0, 0.05) is 5.56 Å². The fourth-order valence-electron chi connectivity index (χ4n) is 3.15. The van der Waals surface area contributed by atoms with Gasteiger partial charge in [0.1, 0.15) is 5.82 Å². The Kier molecular flexibility index (Phi) is 3.19. The molecule has 2 heterocycles. The van der Waals surface area contributed by atoms with E-state index >= 15 is 0 Å². The van der Waals surface area contributed by atoms with E-state index in [1.165, 1.54) is 22.3 Å². The molecule has 4 aromatic rings. The molecule has 0 aliphatic carbocycles. The van der Waals surface area contributed by atoms with Crippen molar-refractivity contribution in [3.8, 4) is 22.4 Å². The Morgan fingerprint density at radius 1 is 0.739 bits per heavy atom. The first kappa shape index (κ1) is 13.7. The van der Waals surface area contributed by atoms with Crippen molar-refractivity contribution < 1.29 is 0 Å². The predicted octanol–water partition coefficient (Wildman–Crippen LogP) is 4.68. The van der Waals surface area contributed by atoms with Crippen molar-refractivity contribution in [3.63, 3.8) is 0 Å². The second kappa shape index (κ2) is 5.36. The van der Waals surface area contributed by atoms with Crippen LogP contribution in [0.15, 0.2) is 66.7 Å². The van der Waals surface area contributed by atoms with Crippen LogP contribution in [0.5, 0.6) is 0 Å². The summed E-state index contributed by atoms with van der Waals surface area (Å²) in [5.74, 6) is 0.899. The molecule has 0 bridgehead atoms. The van der Waals surface area contributed by atoms with E-state index in [1.54, 1.807) is 0 Å². The van der Waals surface area contributed by atoms with Crippen LogP contribution in [0.2, 0.25) is 0 Å². The highest BCUT2D eigenvalue weighted by Crippen LogP contribution is 2.35. The van der Waals surface area contributed by atoms with Crippen LogP contribution in [-0.2, 0) is 0 Å². The summed E-state index contributed by atoms with van der Waals surface area (Å²) in [7, 11) is 0. The molecular formula is C20H17N3. The molecule has 0 N–H and O–H groups in total. The molecule has 2 aromatic heterocycles. The van der Waals surface area contributed by atoms with Gasteiger partial charge in [0.05, 0.1) is 5.69 Å². The number of aromatic nitrogens is 3. The first-order valence-electron chi connectivity index (χ1n) is 7.72. The Labute approximate surface area is 135 Å². The molecule has 3 heteroatoms. The minimum absolute atomic E-state index is 0.888. The first-order chi connectivity index (χ1) is 11.3. The van der Waals surface area contributed by atoms with Gasteiger partial charge in [0.15, 0.2) is 5.65 Å². The van der Waals surface area contributed by atoms with Gasteiger partial charge >= 0.3 is 0 Å². The van der Waals surface area contributed by atoms with Crippen LogP contribution >= 0.6 is 0 Å². The third-order valence-corrected chi connectivity index (χ3v) is 4.16. The summed E-state index contributed by atoms with van der Waals surface area (Å²) in [5.41, 5.74) is 6.84. The molecule has 4 rings (SSSR count). The van der Waals surface area contributed by atoms with Crippen molar-refractivity contribution in [2.45, 2.75) is 13.8 Å². The molecule has 0 aliphatic rings. The van der Waals surface area contributed by atoms with Crippen molar-refractivity contribution in [2.24, 2.45) is 0 Å². The van der Waals surface area contributed by atoms with Crippen LogP contribution in [0.1, 0.15) is 11.4 Å². The molecule has 0 unspecified atom stereocenters. The highest BCUT2D eigenvalue weighted by Gasteiger charge is 2.17. The lowest BCUT2D eigenvalue weighted by Crippen LogP contribution is -2.00. The molecule has 0 fully saturated rings. The van der Waals surface area contributed by atoms with Gasteiger partial charge in [-0.25, -0.2) is 0 Å². The lowest BCUT2D eigenvalue weighted by Gasteiger charge is -2.16. The number of benzene rings is 2. The minimum atomic E-state index is 0.888. The normalized spacial score (nSPS) is 11.0. The van der Waals surface area contributed by atoms with Crippen molar-refractivity contribution in [1.29, 1.82) is 0 Å². The van der Waals surface area contributed by atoms with Gasteiger partial charge in [-0.05, 0) is 36.6 Å². The van der Waals surface area contributed by atoms with E-state index < -0.39 is 0 Å². The molecule has 0 saturated carbocycles. The third kappa shape index (κ3) is 2.21. The van der Waals surface area contributed by atoms with E-state index in [2.05, 4.69) is 76.1 Å². The zero-order valence-corrected chi connectivity index (χ0v) is 13.2. The number of hydrogen-bond acceptors (Lipinski definition) is 2. The molecule has 2 aromatic carbocycles. The number of aryl methyl sites for hydroxylation is 2. The minimum Gasteiger partial charge on any atom is -0.278 e. The molecular weight excluding hydrogens is 282 g/mol. The van der Waals surface area contributed by atoms with Crippen LogP contribution in [-0.4, -0.2) is 14.6 Å². The van der Waals surface area contributed by atoms with Crippen LogP contribution in [0.4, 0.5) is 0 Å². The molecule has 0 amide bonds. The standard InChI is InChI=1S/C20H17N3/c1-14-13-18-22-21-15(2)23(18)20(17-11-7-4-8-12-17)19(14)16-9-5-3-6-10-16/h3-13H,1-2H3. The number of nitrogens with zero attached hydrogens (tertiary/aromatic N) is 3. The average molecular weight is 299 g/mol. The third-order valence-electron chi connectivity index (χ3n) is 4.16. The maximum Gasteiger partial charge on any atom is 0.161 e. The van der Waals surface area contributed by atoms with Crippen LogP contribution in [0, 0.1) is 13.8 Å². The Morgan fingerprint density at radius 2 is 1.35 bits per heavy atom. The molecule has 0 saturated heterocycles. The topological polar surface area (TPSA) is 30.2 Å². The van der Waals surface area contributed by atoms with Gasteiger partial charge in [0.25, 0.3) is 0 Å². The maximum atomic E-state index is 4.31. The molecule has 3 nitrogen and oxygen atoms in total. The van der Waals surface area contributed by atoms with Crippen LogP contribution in [0.3, 0.4) is 0 Å². The SMILES string of the molecule is Cc1cc2nnc(C)n2c(-c2ccccc2)c1-c1ccccc1. The van der Waals surface area contributed by atoms with Gasteiger partial charge in [0.2, 0.25) is 0 Å². The van der Waals surface area contributed by atoms with E-state index in [0.717, 1.165) is 17.2 Å². The van der Waals surface area contributed by atoms with Gasteiger partial charge in [-0.2, -0.15) is 0 Å². The highest BCUT2D eigenvalue weighted by molar-refractivity contribution is 5.85. The molecule has 0 spiro atoms. The smallest absolute Gasteiger partial charge is 0.161 e. The fourth-order valence-corrected chi connectivity index (χ4v) is 3.15. The lowest BCUT2D eigenvalue weighted by molar-refractivity contribution is 1.01. The Balaban J connectivity index is 2.17. The van der Waals surface area contributed by atoms with E-state index in [1.807, 2.05) is 19.1 Å². The quantitative estimate of drug-likeness (QED) is 0.538. The van der Waals surface area contributed by atoms with Crippen molar-refractivity contribution in [2.75, 3.05) is 0 Å². The molecule has 23 heavy (non-hydrogen) atoms. The summed E-state index contributed by atoms with van der Waals surface area (Å²) in [4.78, 5) is 0. The van der Waals surface area contributed by atoms with Crippen molar-refractivity contribution in [3.05, 3.63) is 78.1 Å². The lowest BCUT2D eigenvalue weighted by atomic mass is 9.95. The molecule has 0 radical (unpaired) electrons. The number of pyridine rings is 1. The molecule has 0 atom stereocenters. The molecule has 0 aliphatic heterocycles. The zero-order chi connectivity index (χ0) is 15.8. The summed E-state index contributed by atoms with van der Waals surface area (Å²) in [5, 5.41) is 8.58. The predicted molar refractivity (Wildman–Crippen MR) is 93.3 cm³/mol. The fraction of sp³-hybridized carbons (Fsp3) is 0.100. The average Bonchev–Trinajstić information content (AvgIpc) is 2.96. The van der Waals surface area contributed by atoms with Gasteiger partial charge in [-0.1, -0.05) is 60.7 Å². The van der Waals surface area contributed by atoms with Gasteiger partial charge < -0.3 is 0 Å². The molecule has 112 valence electrons. The second-order valence-corrected chi connectivity index (χ2v) is 5.72. The Bertz CT molecular complexity index is 970. The number of rotatable bonds is 2. The van der Waals surface area contributed by atoms with E-state index in [0.29, 0.717) is 0 Å². The zero-order valence-electron chi connectivity index (χ0n) is 13.2. The van der Waals surface area contributed by atoms with Crippen LogP contribution in [0.25, 0.3) is 28.0 Å². The summed E-state index contributed by atoms with van der Waals surface area (Å²) < 4.78 is 2.14. The summed E-state index contributed by atoms with van der Waals surface area (Å²) in [6.45, 7) is 4.13. The van der Waals surface area contributed by atoms with Crippen LogP contribution < -0.4 is 0 Å². The van der Waals surface area contributed by atoms with E-state index in [-0.39, 0.29) is 0 Å². The number of fused-ring (bicyclic) bond motifs is 1. The first-order valence-corrected chi connectivity index (χ1v) is 7.72. The summed E-state index contributed by atoms with van der Waals surface area (Å²) >= 11 is 0. The maximum absolute atomic E-state index is 4.31. The largest absolute Gasteiger partial charge is 0.278 e. The van der Waals surface area contributed by atoms with Crippen molar-refractivity contribution >= 4 is 5.65 Å². The summed E-state index contributed by atoms with van der Waals surface area (Å²) in [6.07, 6.45) is 0. The Morgan fingerprint density at radius 3 is 2.00 bits per heavy atom. The highest BCUT2D eigenvalue weighted by atomic mass is 15.2. The Hall–Kier alpha value is -2.94. The van der Waals surface area contributed by atoms with Gasteiger partial charge in [-0.3, -0.25) is 4.40 Å². The summed E-state index contributed by atoms with van der Waals surface area (Å²) in [6, 6.07) is 23.1. The van der Waals surface area contributed by atoms with E-state index in [4.69, 9.17) is 0 Å². The second-order valence-electron chi connectivity index (χ2n) is 5.72. The van der Waals surface area contributed by atoms with Gasteiger partial charge in [-0.15, -0.1) is 10.2 Å². The van der Waals surface area contributed by atoms with Crippen molar-refractivity contribution in [1.82, 2.24) is 14.6 Å². The monoisotopic (exact) mass is 299 g/mol. The van der Waals surface area contributed by atoms with E-state index in [9.17, 15) is 0 Å².